The molecular weight excluding hydrogens is 391 g/mol. The van der Waals surface area contributed by atoms with Gasteiger partial charge in [0.05, 0.1) is 10.8 Å². The first-order valence-electron chi connectivity index (χ1n) is 9.50. The van der Waals surface area contributed by atoms with Crippen LogP contribution in [0.25, 0.3) is 0 Å². The molecule has 9 heteroatoms. The lowest BCUT2D eigenvalue weighted by Gasteiger charge is -2.22. The number of nitrogens with one attached hydrogen (secondary N) is 1. The third kappa shape index (κ3) is 6.68. The van der Waals surface area contributed by atoms with E-state index in [1.807, 2.05) is 31.2 Å². The van der Waals surface area contributed by atoms with E-state index in [1.165, 1.54) is 16.4 Å². The van der Waals surface area contributed by atoms with Crippen LogP contribution in [0, 0.1) is 6.92 Å². The van der Waals surface area contributed by atoms with Crippen molar-refractivity contribution in [1.82, 2.24) is 9.62 Å². The maximum atomic E-state index is 12.7. The van der Waals surface area contributed by atoms with Crippen LogP contribution in [0.2, 0.25) is 0 Å². The van der Waals surface area contributed by atoms with Crippen LogP contribution < -0.4 is 5.32 Å². The molecule has 0 saturated carbocycles. The van der Waals surface area contributed by atoms with Crippen LogP contribution in [-0.2, 0) is 21.2 Å². The second-order valence-corrected chi connectivity index (χ2v) is 8.78. The van der Waals surface area contributed by atoms with Crippen LogP contribution in [0.4, 0.5) is 0 Å². The molecule has 0 fully saturated rings. The number of aryl methyl sites for hydroxylation is 1. The van der Waals surface area contributed by atoms with Gasteiger partial charge in [-0.1, -0.05) is 55.0 Å². The quantitative estimate of drug-likeness (QED) is 0.502. The first-order chi connectivity index (χ1) is 13.7. The summed E-state index contributed by atoms with van der Waals surface area (Å²) in [5.41, 5.74) is 1.94. The van der Waals surface area contributed by atoms with E-state index in [9.17, 15) is 23.3 Å². The molecule has 0 saturated heterocycles. The van der Waals surface area contributed by atoms with Gasteiger partial charge < -0.3 is 15.4 Å². The zero-order valence-corrected chi connectivity index (χ0v) is 17.5. The largest absolute Gasteiger partial charge is 0.475 e. The Bertz CT molecular complexity index is 889. The summed E-state index contributed by atoms with van der Waals surface area (Å²) in [5.74, 6) is -1.33. The van der Waals surface area contributed by atoms with E-state index in [4.69, 9.17) is 0 Å². The van der Waals surface area contributed by atoms with E-state index in [-0.39, 0.29) is 30.8 Å². The predicted molar refractivity (Wildman–Crippen MR) is 112 cm³/mol. The third-order valence-corrected chi connectivity index (χ3v) is 6.59. The normalized spacial score (nSPS) is 12.6. The van der Waals surface area contributed by atoms with Gasteiger partial charge in [0.2, 0.25) is 15.9 Å². The summed E-state index contributed by atoms with van der Waals surface area (Å²) in [6.07, 6.45) is 0.167. The molecule has 2 rings (SSSR count). The summed E-state index contributed by atoms with van der Waals surface area (Å²) in [7, 11) is -5.42. The zero-order chi connectivity index (χ0) is 21.4. The van der Waals surface area contributed by atoms with Crippen molar-refractivity contribution in [3.05, 3.63) is 65.7 Å². The Hall–Kier alpha value is -2.20. The number of carbonyl (C=O) groups excluding carboxylic acids is 1. The Kier molecular flexibility index (Phi) is 8.39. The number of benzene rings is 2. The fourth-order valence-electron chi connectivity index (χ4n) is 2.90. The van der Waals surface area contributed by atoms with E-state index in [2.05, 4.69) is 5.32 Å². The minimum Gasteiger partial charge on any atom is -0.426 e. The molecule has 0 aliphatic heterocycles. The van der Waals surface area contributed by atoms with Gasteiger partial charge in [-0.3, -0.25) is 4.79 Å². The lowest BCUT2D eigenvalue weighted by atomic mass is 9.76. The molecule has 0 radical (unpaired) electrons. The second-order valence-electron chi connectivity index (χ2n) is 6.84. The standard InChI is InChI=1S/C20H27BN2O5S/c1-3-23(29(27,28)18-7-5-4-6-8-18)14-13-20(24)22-19(21(25)26)15-17-11-9-16(2)10-12-17/h4-12,19,25-26H,3,13-15H2,1-2H3,(H,22,24)/t19-/m0/s1. The molecule has 0 aromatic heterocycles. The third-order valence-electron chi connectivity index (χ3n) is 4.60. The molecule has 0 bridgehead atoms. The van der Waals surface area contributed by atoms with Gasteiger partial charge in [-0.05, 0) is 31.0 Å². The van der Waals surface area contributed by atoms with Crippen molar-refractivity contribution >= 4 is 23.0 Å². The van der Waals surface area contributed by atoms with Crippen LogP contribution in [0.3, 0.4) is 0 Å². The number of amides is 1. The predicted octanol–water partition coefficient (Wildman–Crippen LogP) is 1.14. The van der Waals surface area contributed by atoms with Crippen molar-refractivity contribution in [2.75, 3.05) is 13.1 Å². The van der Waals surface area contributed by atoms with Gasteiger partial charge in [0.25, 0.3) is 0 Å². The molecule has 1 atom stereocenters. The highest BCUT2D eigenvalue weighted by Crippen LogP contribution is 2.15. The first-order valence-corrected chi connectivity index (χ1v) is 10.9. The topological polar surface area (TPSA) is 107 Å². The lowest BCUT2D eigenvalue weighted by molar-refractivity contribution is -0.121. The molecule has 2 aromatic carbocycles. The fraction of sp³-hybridized carbons (Fsp3) is 0.350. The molecule has 0 aliphatic rings. The molecule has 2 aromatic rings. The van der Waals surface area contributed by atoms with Crippen LogP contribution in [0.5, 0.6) is 0 Å². The average Bonchev–Trinajstić information content (AvgIpc) is 2.70. The molecule has 7 nitrogen and oxygen atoms in total. The van der Waals surface area contributed by atoms with Crippen LogP contribution in [-0.4, -0.2) is 54.8 Å². The summed E-state index contributed by atoms with van der Waals surface area (Å²) >= 11 is 0. The van der Waals surface area contributed by atoms with Crippen LogP contribution in [0.1, 0.15) is 24.5 Å². The number of hydrogen-bond donors (Lipinski definition) is 3. The maximum absolute atomic E-state index is 12.7. The highest BCUT2D eigenvalue weighted by atomic mass is 32.2. The number of hydrogen-bond acceptors (Lipinski definition) is 5. The van der Waals surface area contributed by atoms with Gasteiger partial charge in [0.1, 0.15) is 0 Å². The molecular formula is C20H27BN2O5S. The highest BCUT2D eigenvalue weighted by Gasteiger charge is 2.27. The maximum Gasteiger partial charge on any atom is 0.475 e. The van der Waals surface area contributed by atoms with Crippen LogP contribution in [0.15, 0.2) is 59.5 Å². The van der Waals surface area contributed by atoms with Gasteiger partial charge in [-0.2, -0.15) is 4.31 Å². The fourth-order valence-corrected chi connectivity index (χ4v) is 4.37. The summed E-state index contributed by atoms with van der Waals surface area (Å²) in [4.78, 5) is 12.5. The number of nitrogens with zero attached hydrogens (tertiary/aromatic N) is 1. The molecule has 0 spiro atoms. The van der Waals surface area contributed by atoms with Gasteiger partial charge in [0.15, 0.2) is 0 Å². The molecule has 0 heterocycles. The summed E-state index contributed by atoms with van der Waals surface area (Å²) in [5, 5.41) is 21.8. The highest BCUT2D eigenvalue weighted by molar-refractivity contribution is 7.89. The minimum atomic E-state index is -3.69. The molecule has 29 heavy (non-hydrogen) atoms. The second kappa shape index (κ2) is 10.5. The van der Waals surface area contributed by atoms with Crippen molar-refractivity contribution in [2.24, 2.45) is 0 Å². The number of sulfonamides is 1. The van der Waals surface area contributed by atoms with Gasteiger partial charge in [-0.15, -0.1) is 0 Å². The van der Waals surface area contributed by atoms with Gasteiger partial charge in [-0.25, -0.2) is 8.42 Å². The monoisotopic (exact) mass is 418 g/mol. The molecule has 3 N–H and O–H groups in total. The van der Waals surface area contributed by atoms with E-state index in [1.54, 1.807) is 25.1 Å². The van der Waals surface area contributed by atoms with Crippen molar-refractivity contribution in [2.45, 2.75) is 37.5 Å². The molecule has 0 unspecified atom stereocenters. The average molecular weight is 418 g/mol. The smallest absolute Gasteiger partial charge is 0.426 e. The molecule has 1 amide bonds. The SMILES string of the molecule is CCN(CCC(=O)N[C@@H](Cc1ccc(C)cc1)B(O)O)S(=O)(=O)c1ccccc1. The summed E-state index contributed by atoms with van der Waals surface area (Å²) in [6, 6.07) is 15.6. The Balaban J connectivity index is 1.97. The Labute approximate surface area is 172 Å². The number of rotatable bonds is 10. The van der Waals surface area contributed by atoms with Crippen molar-refractivity contribution in [1.29, 1.82) is 0 Å². The van der Waals surface area contributed by atoms with E-state index in [0.29, 0.717) is 0 Å². The van der Waals surface area contributed by atoms with E-state index < -0.39 is 29.0 Å². The van der Waals surface area contributed by atoms with Crippen molar-refractivity contribution < 1.29 is 23.3 Å². The minimum absolute atomic E-state index is 0.00165. The Morgan fingerprint density at radius 2 is 1.72 bits per heavy atom. The lowest BCUT2D eigenvalue weighted by Crippen LogP contribution is -2.48. The van der Waals surface area contributed by atoms with E-state index >= 15 is 0 Å². The van der Waals surface area contributed by atoms with Crippen LogP contribution >= 0.6 is 0 Å². The zero-order valence-electron chi connectivity index (χ0n) is 16.7. The Morgan fingerprint density at radius 3 is 2.28 bits per heavy atom. The molecule has 156 valence electrons. The first kappa shape index (κ1) is 23.1. The summed E-state index contributed by atoms with van der Waals surface area (Å²) < 4.78 is 26.6. The van der Waals surface area contributed by atoms with Crippen molar-refractivity contribution in [3.63, 3.8) is 0 Å². The number of carbonyl (C=O) groups is 1. The van der Waals surface area contributed by atoms with Gasteiger partial charge >= 0.3 is 7.12 Å². The Morgan fingerprint density at radius 1 is 1.10 bits per heavy atom. The molecule has 0 aliphatic carbocycles. The van der Waals surface area contributed by atoms with E-state index in [0.717, 1.165) is 11.1 Å². The van der Waals surface area contributed by atoms with Crippen molar-refractivity contribution in [3.8, 4) is 0 Å². The van der Waals surface area contributed by atoms with Gasteiger partial charge in [0, 0.05) is 19.5 Å². The summed E-state index contributed by atoms with van der Waals surface area (Å²) in [6.45, 7) is 3.88.